The Labute approximate surface area is 199 Å². The number of nitrogens with zero attached hydrogens (tertiary/aromatic N) is 5. The number of amides is 1. The van der Waals surface area contributed by atoms with Gasteiger partial charge in [0.25, 0.3) is 5.91 Å². The van der Waals surface area contributed by atoms with E-state index in [9.17, 15) is 9.18 Å². The molecule has 7 nitrogen and oxygen atoms in total. The Morgan fingerprint density at radius 1 is 1.21 bits per heavy atom. The van der Waals surface area contributed by atoms with E-state index >= 15 is 0 Å². The molecule has 2 saturated heterocycles. The van der Waals surface area contributed by atoms with Crippen LogP contribution in [0.5, 0.6) is 0 Å². The molecular formula is C25H21FN6OS. The first-order valence-corrected chi connectivity index (χ1v) is 12.0. The van der Waals surface area contributed by atoms with Crippen LogP contribution in [0, 0.1) is 12.4 Å². The second-order valence-electron chi connectivity index (χ2n) is 8.96. The van der Waals surface area contributed by atoms with Gasteiger partial charge in [-0.3, -0.25) is 4.79 Å². The van der Waals surface area contributed by atoms with Crippen molar-refractivity contribution in [3.8, 4) is 21.6 Å². The van der Waals surface area contributed by atoms with E-state index in [4.69, 9.17) is 12.3 Å². The molecule has 0 radical (unpaired) electrons. The highest BCUT2D eigenvalue weighted by molar-refractivity contribution is 7.18. The number of hydrogen-bond acceptors (Lipinski definition) is 5. The van der Waals surface area contributed by atoms with Crippen LogP contribution in [0.15, 0.2) is 42.5 Å². The summed E-state index contributed by atoms with van der Waals surface area (Å²) in [6.07, 6.45) is 2.77. The minimum atomic E-state index is -0.578. The van der Waals surface area contributed by atoms with E-state index in [0.29, 0.717) is 10.4 Å². The summed E-state index contributed by atoms with van der Waals surface area (Å²) in [5.74, 6) is -0.595. The molecule has 2 aliphatic rings. The van der Waals surface area contributed by atoms with E-state index in [1.165, 1.54) is 23.5 Å². The number of fused-ring (bicyclic) bond motifs is 3. The number of thiophene rings is 1. The van der Waals surface area contributed by atoms with Crippen LogP contribution in [-0.4, -0.2) is 43.9 Å². The summed E-state index contributed by atoms with van der Waals surface area (Å²) >= 11 is 1.40. The number of carbonyl (C=O) groups is 1. The van der Waals surface area contributed by atoms with Crippen molar-refractivity contribution in [2.45, 2.75) is 37.4 Å². The molecule has 170 valence electrons. The average Bonchev–Trinajstić information content (AvgIpc) is 3.60. The second kappa shape index (κ2) is 7.72. The first-order valence-electron chi connectivity index (χ1n) is 11.1. The second-order valence-corrected chi connectivity index (χ2v) is 10.0. The van der Waals surface area contributed by atoms with Gasteiger partial charge in [-0.25, -0.2) is 13.9 Å². The molecule has 2 bridgehead atoms. The van der Waals surface area contributed by atoms with Gasteiger partial charge in [-0.05, 0) is 54.7 Å². The van der Waals surface area contributed by atoms with Crippen molar-refractivity contribution in [1.82, 2.24) is 19.9 Å². The number of rotatable bonds is 3. The third-order valence-corrected chi connectivity index (χ3v) is 8.19. The molecule has 2 aromatic heterocycles. The summed E-state index contributed by atoms with van der Waals surface area (Å²) in [6.45, 7) is 7.14. The van der Waals surface area contributed by atoms with Crippen LogP contribution in [0.4, 0.5) is 10.1 Å². The molecule has 3 unspecified atom stereocenters. The van der Waals surface area contributed by atoms with Gasteiger partial charge in [0, 0.05) is 35.6 Å². The van der Waals surface area contributed by atoms with Crippen molar-refractivity contribution in [2.75, 3.05) is 0 Å². The molecule has 4 heterocycles. The molecule has 3 atom stereocenters. The topological polar surface area (TPSA) is 81.4 Å². The third kappa shape index (κ3) is 3.14. The maximum absolute atomic E-state index is 14.5. The lowest BCUT2D eigenvalue weighted by Crippen LogP contribution is -2.40. The minimum Gasteiger partial charge on any atom is -0.330 e. The van der Waals surface area contributed by atoms with Gasteiger partial charge < -0.3 is 10.6 Å². The standard InChI is InChI=1S/C25H21FN6OS/c1-28-19-6-3-13(9-17(19)26)16-12-23(25(33)32-15-5-8-21(32)18(27)11-15)34-24(16)14-4-7-22-20(10-14)29-30-31(22)2/h3-4,6-7,9-10,12,15,18,21H,5,8,11,27H2,2H3. The molecule has 2 aromatic carbocycles. The maximum Gasteiger partial charge on any atom is 0.264 e. The van der Waals surface area contributed by atoms with E-state index in [0.717, 1.165) is 46.3 Å². The van der Waals surface area contributed by atoms with Crippen molar-refractivity contribution >= 4 is 34.0 Å². The molecule has 9 heteroatoms. The largest absolute Gasteiger partial charge is 0.330 e. The van der Waals surface area contributed by atoms with Gasteiger partial charge >= 0.3 is 0 Å². The van der Waals surface area contributed by atoms with E-state index in [1.807, 2.05) is 36.2 Å². The Kier molecular flexibility index (Phi) is 4.76. The number of carbonyl (C=O) groups excluding carboxylic acids is 1. The lowest BCUT2D eigenvalue weighted by Gasteiger charge is -2.22. The van der Waals surface area contributed by atoms with Gasteiger partial charge in [-0.1, -0.05) is 23.4 Å². The number of benzene rings is 2. The fraction of sp³-hybridized carbons (Fsp3) is 0.280. The summed E-state index contributed by atoms with van der Waals surface area (Å²) in [4.78, 5) is 20.2. The third-order valence-electron chi connectivity index (χ3n) is 7.01. The van der Waals surface area contributed by atoms with Gasteiger partial charge in [0.05, 0.1) is 17.0 Å². The molecule has 2 N–H and O–H groups in total. The zero-order chi connectivity index (χ0) is 23.6. The Morgan fingerprint density at radius 2 is 2.03 bits per heavy atom. The number of nitrogens with two attached hydrogens (primary N) is 1. The molecule has 2 fully saturated rings. The highest BCUT2D eigenvalue weighted by Crippen LogP contribution is 2.44. The Bertz CT molecular complexity index is 1500. The SMILES string of the molecule is [C-]#[N+]c1ccc(-c2cc(C(=O)N3C4CCC3C(N)C4)sc2-c2ccc3c(c2)nnn3C)cc1F. The number of aryl methyl sites for hydroxylation is 1. The van der Waals surface area contributed by atoms with Crippen LogP contribution >= 0.6 is 11.3 Å². The Balaban J connectivity index is 1.49. The number of halogens is 1. The number of hydrogen-bond donors (Lipinski definition) is 1. The van der Waals surface area contributed by atoms with E-state index in [2.05, 4.69) is 15.2 Å². The molecule has 2 aliphatic heterocycles. The Morgan fingerprint density at radius 3 is 2.74 bits per heavy atom. The van der Waals surface area contributed by atoms with Crippen LogP contribution in [0.1, 0.15) is 28.9 Å². The molecule has 0 saturated carbocycles. The quantitative estimate of drug-likeness (QED) is 0.436. The van der Waals surface area contributed by atoms with Crippen molar-refractivity contribution < 1.29 is 9.18 Å². The normalized spacial score (nSPS) is 21.4. The van der Waals surface area contributed by atoms with Crippen molar-refractivity contribution in [3.05, 3.63) is 64.6 Å². The zero-order valence-electron chi connectivity index (χ0n) is 18.4. The van der Waals surface area contributed by atoms with E-state index in [1.54, 1.807) is 10.7 Å². The Hall–Kier alpha value is -3.61. The fourth-order valence-corrected chi connectivity index (χ4v) is 6.47. The zero-order valence-corrected chi connectivity index (χ0v) is 19.2. The highest BCUT2D eigenvalue weighted by atomic mass is 32.1. The molecule has 0 spiro atoms. The van der Waals surface area contributed by atoms with Crippen LogP contribution in [0.3, 0.4) is 0 Å². The van der Waals surface area contributed by atoms with Crippen LogP contribution < -0.4 is 5.73 Å². The van der Waals surface area contributed by atoms with Crippen molar-refractivity contribution in [1.29, 1.82) is 0 Å². The summed E-state index contributed by atoms with van der Waals surface area (Å²) in [6, 6.07) is 12.6. The predicted octanol–water partition coefficient (Wildman–Crippen LogP) is 4.76. The molecule has 4 aromatic rings. The fourth-order valence-electron chi connectivity index (χ4n) is 5.35. The first-order chi connectivity index (χ1) is 16.4. The van der Waals surface area contributed by atoms with Gasteiger partial charge in [0.15, 0.2) is 0 Å². The summed E-state index contributed by atoms with van der Waals surface area (Å²) < 4.78 is 16.2. The molecule has 0 aliphatic carbocycles. The van der Waals surface area contributed by atoms with Crippen molar-refractivity contribution in [2.24, 2.45) is 12.8 Å². The summed E-state index contributed by atoms with van der Waals surface area (Å²) in [5.41, 5.74) is 10.1. The number of aromatic nitrogens is 3. The lowest BCUT2D eigenvalue weighted by atomic mass is 9.97. The van der Waals surface area contributed by atoms with Crippen LogP contribution in [0.2, 0.25) is 0 Å². The van der Waals surface area contributed by atoms with E-state index < -0.39 is 5.82 Å². The molecule has 1 amide bonds. The smallest absolute Gasteiger partial charge is 0.264 e. The predicted molar refractivity (Wildman–Crippen MR) is 129 cm³/mol. The van der Waals surface area contributed by atoms with Gasteiger partial charge in [-0.15, -0.1) is 16.4 Å². The van der Waals surface area contributed by atoms with Gasteiger partial charge in [0.1, 0.15) is 11.3 Å². The monoisotopic (exact) mass is 472 g/mol. The van der Waals surface area contributed by atoms with Gasteiger partial charge in [0.2, 0.25) is 5.69 Å². The minimum absolute atomic E-state index is 0.0169. The first kappa shape index (κ1) is 21.0. The maximum atomic E-state index is 14.5. The molecular weight excluding hydrogens is 451 g/mol. The summed E-state index contributed by atoms with van der Waals surface area (Å²) in [7, 11) is 1.83. The van der Waals surface area contributed by atoms with Crippen molar-refractivity contribution in [3.63, 3.8) is 0 Å². The lowest BCUT2D eigenvalue weighted by molar-refractivity contribution is 0.0731. The van der Waals surface area contributed by atoms with E-state index in [-0.39, 0.29) is 29.7 Å². The highest BCUT2D eigenvalue weighted by Gasteiger charge is 2.47. The average molecular weight is 473 g/mol. The van der Waals surface area contributed by atoms with Crippen LogP contribution in [0.25, 0.3) is 37.4 Å². The van der Waals surface area contributed by atoms with Gasteiger partial charge in [-0.2, -0.15) is 0 Å². The van der Waals surface area contributed by atoms with Crippen LogP contribution in [-0.2, 0) is 7.05 Å². The summed E-state index contributed by atoms with van der Waals surface area (Å²) in [5, 5.41) is 8.30. The molecule has 34 heavy (non-hydrogen) atoms. The molecule has 6 rings (SSSR count).